The summed E-state index contributed by atoms with van der Waals surface area (Å²) in [5.74, 6) is -0.227. The minimum atomic E-state index is -0.390. The van der Waals surface area contributed by atoms with Crippen molar-refractivity contribution in [1.82, 2.24) is 4.90 Å². The predicted molar refractivity (Wildman–Crippen MR) is 118 cm³/mol. The Bertz CT molecular complexity index is 1150. The molecule has 1 atom stereocenters. The quantitative estimate of drug-likeness (QED) is 0.741. The van der Waals surface area contributed by atoms with Gasteiger partial charge in [0.15, 0.2) is 0 Å². The Balaban J connectivity index is 1.62. The Morgan fingerprint density at radius 3 is 2.83 bits per heavy atom. The number of hydrogen-bond acceptors (Lipinski definition) is 5. The number of methoxy groups -OCH3 is 1. The molecule has 1 aromatic carbocycles. The number of ether oxygens (including phenoxy) is 1. The van der Waals surface area contributed by atoms with E-state index in [9.17, 15) is 14.7 Å². The molecule has 154 valence electrons. The third-order valence-electron chi connectivity index (χ3n) is 4.97. The van der Waals surface area contributed by atoms with Gasteiger partial charge in [-0.15, -0.1) is 11.3 Å². The van der Waals surface area contributed by atoms with E-state index in [2.05, 4.69) is 4.99 Å². The maximum Gasteiger partial charge on any atom is 0.274 e. The number of fused-ring (bicyclic) bond motifs is 2. The van der Waals surface area contributed by atoms with Crippen LogP contribution >= 0.6 is 22.9 Å². The molecule has 4 rings (SSSR count). The van der Waals surface area contributed by atoms with Gasteiger partial charge in [-0.1, -0.05) is 35.9 Å². The second kappa shape index (κ2) is 8.55. The van der Waals surface area contributed by atoms with Crippen LogP contribution in [0.1, 0.15) is 9.67 Å². The highest BCUT2D eigenvalue weighted by molar-refractivity contribution is 7.21. The number of rotatable bonds is 6. The van der Waals surface area contributed by atoms with Gasteiger partial charge in [0.2, 0.25) is 0 Å². The highest BCUT2D eigenvalue weighted by Crippen LogP contribution is 2.36. The van der Waals surface area contributed by atoms with Crippen molar-refractivity contribution in [3.63, 3.8) is 0 Å². The Morgan fingerprint density at radius 1 is 1.30 bits per heavy atom. The monoisotopic (exact) mass is 442 g/mol. The molecule has 2 amide bonds. The van der Waals surface area contributed by atoms with Crippen LogP contribution in [0.3, 0.4) is 0 Å². The summed E-state index contributed by atoms with van der Waals surface area (Å²) in [5, 5.41) is 10.7. The van der Waals surface area contributed by atoms with Gasteiger partial charge < -0.3 is 14.7 Å². The van der Waals surface area contributed by atoms with Crippen molar-refractivity contribution < 1.29 is 19.4 Å². The van der Waals surface area contributed by atoms with Crippen molar-refractivity contribution in [2.75, 3.05) is 26.8 Å². The summed E-state index contributed by atoms with van der Waals surface area (Å²) in [6.07, 6.45) is 7.17. The van der Waals surface area contributed by atoms with Gasteiger partial charge in [-0.3, -0.25) is 9.59 Å². The molecule has 2 heterocycles. The number of aliphatic hydroxyl groups is 1. The van der Waals surface area contributed by atoms with Gasteiger partial charge in [0.05, 0.1) is 31.0 Å². The van der Waals surface area contributed by atoms with E-state index in [4.69, 9.17) is 16.3 Å². The summed E-state index contributed by atoms with van der Waals surface area (Å²) in [7, 11) is 1.58. The number of carbonyl (C=O) groups excluding carboxylic acids is 2. The number of allylic oxidation sites excluding steroid dienone is 4. The normalized spacial score (nSPS) is 17.9. The largest absolute Gasteiger partial charge is 0.497 e. The number of halogens is 1. The molecule has 1 N–H and O–H groups in total. The number of aliphatic hydroxyl groups excluding tert-OH is 1. The maximum atomic E-state index is 13.2. The molecule has 1 aliphatic heterocycles. The first-order valence-electron chi connectivity index (χ1n) is 9.36. The lowest BCUT2D eigenvalue weighted by Gasteiger charge is -2.25. The van der Waals surface area contributed by atoms with Crippen molar-refractivity contribution in [2.45, 2.75) is 0 Å². The van der Waals surface area contributed by atoms with E-state index >= 15 is 0 Å². The average molecular weight is 443 g/mol. The topological polar surface area (TPSA) is 79.2 Å². The van der Waals surface area contributed by atoms with Crippen LogP contribution in [-0.4, -0.2) is 54.3 Å². The number of aliphatic imine (C=N–C) groups is 1. The van der Waals surface area contributed by atoms with Gasteiger partial charge in [0.25, 0.3) is 11.8 Å². The zero-order valence-electron chi connectivity index (χ0n) is 16.2. The maximum absolute atomic E-state index is 13.2. The lowest BCUT2D eigenvalue weighted by atomic mass is 9.92. The van der Waals surface area contributed by atoms with E-state index in [0.717, 1.165) is 10.1 Å². The van der Waals surface area contributed by atoms with Crippen LogP contribution in [0.4, 0.5) is 0 Å². The summed E-state index contributed by atoms with van der Waals surface area (Å²) in [4.78, 5) is 31.7. The van der Waals surface area contributed by atoms with Crippen LogP contribution in [0.2, 0.25) is 5.02 Å². The SMILES string of the molecule is COC1=CC2C=C(CN(CCO)C(=O)c3sc4ccccc4c3Cl)C(=O)N=C2C=C1. The molecule has 2 aromatic rings. The molecule has 8 heteroatoms. The molecule has 1 unspecified atom stereocenters. The number of nitrogens with zero attached hydrogens (tertiary/aromatic N) is 2. The molecule has 0 radical (unpaired) electrons. The van der Waals surface area contributed by atoms with E-state index in [1.54, 1.807) is 25.3 Å². The van der Waals surface area contributed by atoms with Crippen LogP contribution in [0.25, 0.3) is 10.1 Å². The average Bonchev–Trinajstić information content (AvgIpc) is 3.09. The van der Waals surface area contributed by atoms with Crippen molar-refractivity contribution in [3.05, 3.63) is 69.8 Å². The van der Waals surface area contributed by atoms with E-state index in [0.29, 0.717) is 26.9 Å². The molecule has 0 fully saturated rings. The first-order chi connectivity index (χ1) is 14.5. The molecule has 0 saturated carbocycles. The summed E-state index contributed by atoms with van der Waals surface area (Å²) in [6.45, 7) is -0.117. The van der Waals surface area contributed by atoms with Crippen LogP contribution in [0.5, 0.6) is 0 Å². The van der Waals surface area contributed by atoms with Crippen molar-refractivity contribution >= 4 is 50.5 Å². The van der Waals surface area contributed by atoms with Crippen LogP contribution in [0.15, 0.2) is 64.9 Å². The minimum absolute atomic E-state index is 0.0376. The number of dihydropyridines is 1. The summed E-state index contributed by atoms with van der Waals surface area (Å²) in [5.41, 5.74) is 1.03. The minimum Gasteiger partial charge on any atom is -0.497 e. The van der Waals surface area contributed by atoms with Gasteiger partial charge in [0, 0.05) is 28.1 Å². The van der Waals surface area contributed by atoms with Gasteiger partial charge in [-0.25, -0.2) is 4.99 Å². The predicted octanol–water partition coefficient (Wildman–Crippen LogP) is 3.61. The third kappa shape index (κ3) is 3.84. The molecule has 2 aliphatic rings. The van der Waals surface area contributed by atoms with Crippen molar-refractivity contribution in [2.24, 2.45) is 10.9 Å². The number of amides is 2. The Labute approximate surface area is 182 Å². The summed E-state index contributed by atoms with van der Waals surface area (Å²) >= 11 is 7.76. The first kappa shape index (κ1) is 20.5. The van der Waals surface area contributed by atoms with Crippen LogP contribution in [0, 0.1) is 5.92 Å². The molecule has 0 saturated heterocycles. The highest BCUT2D eigenvalue weighted by atomic mass is 35.5. The lowest BCUT2D eigenvalue weighted by molar-refractivity contribution is -0.114. The van der Waals surface area contributed by atoms with E-state index in [-0.39, 0.29) is 31.5 Å². The Kier molecular flexibility index (Phi) is 5.85. The second-order valence-electron chi connectivity index (χ2n) is 6.86. The number of benzene rings is 1. The summed E-state index contributed by atoms with van der Waals surface area (Å²) in [6, 6.07) is 7.51. The fourth-order valence-electron chi connectivity index (χ4n) is 3.45. The Morgan fingerprint density at radius 2 is 2.10 bits per heavy atom. The second-order valence-corrected chi connectivity index (χ2v) is 8.29. The Hall–Kier alpha value is -2.74. The molecule has 1 aliphatic carbocycles. The van der Waals surface area contributed by atoms with Gasteiger partial charge in [-0.05, 0) is 24.3 Å². The molecule has 1 aromatic heterocycles. The molecule has 0 spiro atoms. The molecular weight excluding hydrogens is 424 g/mol. The lowest BCUT2D eigenvalue weighted by Crippen LogP contribution is -2.37. The molecule has 0 bridgehead atoms. The zero-order valence-corrected chi connectivity index (χ0v) is 17.7. The molecule has 6 nitrogen and oxygen atoms in total. The van der Waals surface area contributed by atoms with E-state index < -0.39 is 5.91 Å². The fraction of sp³-hybridized carbons (Fsp3) is 0.227. The van der Waals surface area contributed by atoms with Gasteiger partial charge in [0.1, 0.15) is 10.6 Å². The smallest absolute Gasteiger partial charge is 0.274 e. The van der Waals surface area contributed by atoms with Gasteiger partial charge in [-0.2, -0.15) is 0 Å². The number of carbonyl (C=O) groups is 2. The number of thiophene rings is 1. The van der Waals surface area contributed by atoms with E-state index in [1.807, 2.05) is 30.3 Å². The molecule has 30 heavy (non-hydrogen) atoms. The number of hydrogen-bond donors (Lipinski definition) is 1. The zero-order chi connectivity index (χ0) is 21.3. The standard InChI is InChI=1S/C22H19ClN2O4S/c1-29-15-6-7-17-13(11-15)10-14(21(27)24-17)12-25(8-9-26)22(28)20-19(23)16-4-2-3-5-18(16)30-20/h2-7,10-11,13,26H,8-9,12H2,1H3. The van der Waals surface area contributed by atoms with Crippen LogP contribution in [-0.2, 0) is 9.53 Å². The highest BCUT2D eigenvalue weighted by Gasteiger charge is 2.28. The van der Waals surface area contributed by atoms with Crippen molar-refractivity contribution in [1.29, 1.82) is 0 Å². The first-order valence-corrected chi connectivity index (χ1v) is 10.6. The van der Waals surface area contributed by atoms with Crippen LogP contribution < -0.4 is 0 Å². The fourth-order valence-corrected chi connectivity index (χ4v) is 4.93. The molecular formula is C22H19ClN2O4S. The van der Waals surface area contributed by atoms with Crippen molar-refractivity contribution in [3.8, 4) is 0 Å². The summed E-state index contributed by atoms with van der Waals surface area (Å²) < 4.78 is 6.16. The third-order valence-corrected chi connectivity index (χ3v) is 6.64. The van der Waals surface area contributed by atoms with Gasteiger partial charge >= 0.3 is 0 Å². The van der Waals surface area contributed by atoms with E-state index in [1.165, 1.54) is 16.2 Å².